The van der Waals surface area contributed by atoms with Gasteiger partial charge in [-0.15, -0.1) is 25.6 Å². The van der Waals surface area contributed by atoms with Gasteiger partial charge in [-0.1, -0.05) is 30.3 Å². The molecule has 8 N–H and O–H groups in total. The quantitative estimate of drug-likeness (QED) is 0.0342. The van der Waals surface area contributed by atoms with Crippen LogP contribution in [0.3, 0.4) is 0 Å². The van der Waals surface area contributed by atoms with Gasteiger partial charge in [-0.05, 0) is 85.1 Å². The summed E-state index contributed by atoms with van der Waals surface area (Å²) in [6, 6.07) is 26.8. The monoisotopic (exact) mass is 876 g/mol. The number of ether oxygens (including phenoxy) is 1. The predicted octanol–water partition coefficient (Wildman–Crippen LogP) is 10.1. The highest BCUT2D eigenvalue weighted by Crippen LogP contribution is 2.46. The molecule has 19 nitrogen and oxygen atoms in total. The largest absolute Gasteiger partial charge is 0.508 e. The second kappa shape index (κ2) is 17.0. The van der Waals surface area contributed by atoms with Gasteiger partial charge in [0.1, 0.15) is 49.8 Å². The van der Waals surface area contributed by atoms with E-state index in [1.54, 1.807) is 43.3 Å². The smallest absolute Gasteiger partial charge is 0.296 e. The van der Waals surface area contributed by atoms with Crippen molar-refractivity contribution in [3.8, 4) is 23.0 Å². The first-order chi connectivity index (χ1) is 29.5. The number of rotatable bonds is 12. The van der Waals surface area contributed by atoms with Gasteiger partial charge in [0, 0.05) is 45.2 Å². The summed E-state index contributed by atoms with van der Waals surface area (Å²) in [6.45, 7) is 1.80. The number of benzene rings is 7. The van der Waals surface area contributed by atoms with Crippen molar-refractivity contribution >= 4 is 93.2 Å². The molecule has 0 atom stereocenters. The Labute approximate surface area is 351 Å². The lowest BCUT2D eigenvalue weighted by Crippen LogP contribution is -2.11. The molecule has 7 aromatic carbocycles. The van der Waals surface area contributed by atoms with Gasteiger partial charge < -0.3 is 31.1 Å². The van der Waals surface area contributed by atoms with Crippen molar-refractivity contribution in [3.63, 3.8) is 0 Å². The zero-order valence-electron chi connectivity index (χ0n) is 31.9. The fourth-order valence-corrected chi connectivity index (χ4v) is 7.45. The number of amides is 1. The van der Waals surface area contributed by atoms with Gasteiger partial charge in [-0.3, -0.25) is 13.9 Å². The highest BCUT2D eigenvalue weighted by Gasteiger charge is 2.24. The average molecular weight is 877 g/mol. The molecular weight excluding hydrogens is 845 g/mol. The summed E-state index contributed by atoms with van der Waals surface area (Å²) in [5.41, 5.74) is 5.91. The van der Waals surface area contributed by atoms with E-state index < -0.39 is 47.4 Å². The van der Waals surface area contributed by atoms with Crippen LogP contribution in [0.2, 0.25) is 0 Å². The molecule has 0 spiro atoms. The Morgan fingerprint density at radius 1 is 0.645 bits per heavy atom. The molecule has 0 heterocycles. The average Bonchev–Trinajstić information content (AvgIpc) is 3.22. The van der Waals surface area contributed by atoms with Crippen molar-refractivity contribution < 1.29 is 50.8 Å². The van der Waals surface area contributed by atoms with Gasteiger partial charge in [0.25, 0.3) is 26.1 Å². The fourth-order valence-electron chi connectivity index (χ4n) is 6.14. The number of hydrogen-bond acceptors (Lipinski definition) is 16. The normalized spacial score (nSPS) is 12.2. The maximum atomic E-state index is 13.3. The lowest BCUT2D eigenvalue weighted by atomic mass is 10.1. The van der Waals surface area contributed by atoms with E-state index in [9.17, 15) is 46.1 Å². The first kappa shape index (κ1) is 42.3. The topological polar surface area (TPSA) is 308 Å². The number of hydrogen-bond donors (Lipinski definition) is 7. The van der Waals surface area contributed by atoms with Gasteiger partial charge in [0.05, 0.1) is 18.0 Å². The molecule has 0 aliphatic rings. The van der Waals surface area contributed by atoms with Crippen molar-refractivity contribution in [2.45, 2.75) is 16.7 Å². The van der Waals surface area contributed by atoms with Crippen LogP contribution in [0.15, 0.2) is 156 Å². The van der Waals surface area contributed by atoms with E-state index in [1.165, 1.54) is 60.7 Å². The van der Waals surface area contributed by atoms with Gasteiger partial charge >= 0.3 is 0 Å². The van der Waals surface area contributed by atoms with E-state index in [0.29, 0.717) is 10.8 Å². The minimum absolute atomic E-state index is 0.0651. The summed E-state index contributed by atoms with van der Waals surface area (Å²) in [5, 5.41) is 59.2. The first-order valence-electron chi connectivity index (χ1n) is 18.0. The molecule has 0 radical (unpaired) electrons. The molecule has 0 unspecified atom stereocenters. The number of phenols is 3. The molecule has 62 heavy (non-hydrogen) atoms. The van der Waals surface area contributed by atoms with Gasteiger partial charge in [-0.25, -0.2) is 0 Å². The number of azo groups is 3. The maximum Gasteiger partial charge on any atom is 0.296 e. The standard InChI is InChI=1S/C41H32N8O11S2/c1-2-60-35-21-33(47-46-32-14-10-24(42)19-36(32)61(54,55)56)29-8-3-4-9-30(29)38(35)48-49-39-37(62(57,58)59)18-23-17-25(11-13-28(23)40(39)52)43-41(53)22-6-5-7-26(16-22)44-45-31-15-12-27(50)20-34(31)51/h3-21,50-52H,2,42H2,1H3,(H,43,53)(H,54,55,56)(H,57,58,59). The second-order valence-corrected chi connectivity index (χ2v) is 16.0. The van der Waals surface area contributed by atoms with Gasteiger partial charge in [0.2, 0.25) is 0 Å². The third kappa shape index (κ3) is 9.14. The van der Waals surface area contributed by atoms with Crippen LogP contribution >= 0.6 is 0 Å². The summed E-state index contributed by atoms with van der Waals surface area (Å²) in [4.78, 5) is 11.9. The Morgan fingerprint density at radius 3 is 2.06 bits per heavy atom. The molecule has 314 valence electrons. The van der Waals surface area contributed by atoms with Crippen molar-refractivity contribution in [2.24, 2.45) is 30.7 Å². The van der Waals surface area contributed by atoms with Crippen LogP contribution < -0.4 is 15.8 Å². The van der Waals surface area contributed by atoms with Crippen molar-refractivity contribution in [2.75, 3.05) is 17.7 Å². The minimum Gasteiger partial charge on any atom is -0.508 e. The van der Waals surface area contributed by atoms with Crippen LogP contribution in [0.4, 0.5) is 45.5 Å². The SMILES string of the molecule is CCOc1cc(N=Nc2ccc(N)cc2S(=O)(=O)O)c2ccccc2c1N=Nc1c(S(=O)(=O)O)cc2cc(NC(=O)c3cccc(N=Nc4ccc(O)cc4O)c3)ccc2c1O. The van der Waals surface area contributed by atoms with E-state index in [2.05, 4.69) is 36.0 Å². The van der Waals surface area contributed by atoms with E-state index >= 15 is 0 Å². The Bertz CT molecular complexity index is 3270. The molecule has 21 heteroatoms. The Kier molecular flexibility index (Phi) is 11.6. The molecule has 7 rings (SSSR count). The number of nitrogens with one attached hydrogen (secondary N) is 1. The third-order valence-corrected chi connectivity index (χ3v) is 10.7. The highest BCUT2D eigenvalue weighted by atomic mass is 32.2. The summed E-state index contributed by atoms with van der Waals surface area (Å²) in [5.74, 6) is -1.63. The molecule has 0 fully saturated rings. The second-order valence-electron chi connectivity index (χ2n) is 13.2. The molecule has 0 aliphatic carbocycles. The van der Waals surface area contributed by atoms with E-state index in [0.717, 1.165) is 18.2 Å². The third-order valence-electron chi connectivity index (χ3n) is 8.96. The number of carbonyl (C=O) groups is 1. The molecule has 0 aromatic heterocycles. The van der Waals surface area contributed by atoms with Crippen LogP contribution in [0.1, 0.15) is 17.3 Å². The minimum atomic E-state index is -5.06. The first-order valence-corrected chi connectivity index (χ1v) is 20.9. The Morgan fingerprint density at radius 2 is 1.34 bits per heavy atom. The zero-order valence-corrected chi connectivity index (χ0v) is 33.6. The lowest BCUT2D eigenvalue weighted by molar-refractivity contribution is 0.102. The highest BCUT2D eigenvalue weighted by molar-refractivity contribution is 7.86. The summed E-state index contributed by atoms with van der Waals surface area (Å²) in [6.07, 6.45) is 0. The number of nitrogens with two attached hydrogens (primary N) is 1. The van der Waals surface area contributed by atoms with Crippen LogP contribution in [0, 0.1) is 0 Å². The van der Waals surface area contributed by atoms with E-state index in [1.807, 2.05) is 0 Å². The van der Waals surface area contributed by atoms with Gasteiger partial charge in [0.15, 0.2) is 5.75 Å². The van der Waals surface area contributed by atoms with Crippen LogP contribution in [0.5, 0.6) is 23.0 Å². The molecule has 0 aliphatic heterocycles. The molecule has 1 amide bonds. The number of nitrogens with zero attached hydrogens (tertiary/aromatic N) is 6. The number of phenolic OH excluding ortho intramolecular Hbond substituents is 3. The Balaban J connectivity index is 1.22. The maximum absolute atomic E-state index is 13.3. The number of anilines is 2. The molecule has 0 saturated carbocycles. The van der Waals surface area contributed by atoms with Crippen molar-refractivity contribution in [1.82, 2.24) is 0 Å². The predicted molar refractivity (Wildman–Crippen MR) is 228 cm³/mol. The van der Waals surface area contributed by atoms with Crippen molar-refractivity contribution in [3.05, 3.63) is 121 Å². The number of nitrogen functional groups attached to an aromatic ring is 1. The molecule has 0 bridgehead atoms. The number of carbonyl (C=O) groups excluding carboxylic acids is 1. The van der Waals surface area contributed by atoms with Crippen LogP contribution in [-0.4, -0.2) is 53.8 Å². The van der Waals surface area contributed by atoms with E-state index in [4.69, 9.17) is 10.5 Å². The molecule has 0 saturated heterocycles. The van der Waals surface area contributed by atoms with Gasteiger partial charge in [-0.2, -0.15) is 21.9 Å². The summed E-state index contributed by atoms with van der Waals surface area (Å²) >= 11 is 0. The number of fused-ring (bicyclic) bond motifs is 2. The van der Waals surface area contributed by atoms with E-state index in [-0.39, 0.29) is 80.0 Å². The molecule has 7 aromatic rings. The molecular formula is C41H32N8O11S2. The summed E-state index contributed by atoms with van der Waals surface area (Å²) in [7, 11) is -9.78. The summed E-state index contributed by atoms with van der Waals surface area (Å²) < 4.78 is 75.4. The fraction of sp³-hybridized carbons (Fsp3) is 0.0488. The van der Waals surface area contributed by atoms with Crippen molar-refractivity contribution in [1.29, 1.82) is 0 Å². The van der Waals surface area contributed by atoms with Crippen LogP contribution in [-0.2, 0) is 20.2 Å². The van der Waals surface area contributed by atoms with Crippen LogP contribution in [0.25, 0.3) is 21.5 Å². The Hall–Kier alpha value is -7.85. The number of aromatic hydroxyl groups is 3. The zero-order chi connectivity index (χ0) is 44.3. The lowest BCUT2D eigenvalue weighted by Gasteiger charge is -2.13.